The normalized spacial score (nSPS) is 22.8. The van der Waals surface area contributed by atoms with Crippen molar-refractivity contribution < 1.29 is 22.7 Å². The molecular weight excluding hydrogens is 478 g/mol. The summed E-state index contributed by atoms with van der Waals surface area (Å²) in [6.07, 6.45) is 3.49. The van der Waals surface area contributed by atoms with Crippen LogP contribution in [0.1, 0.15) is 37.3 Å². The Hall–Kier alpha value is -3.17. The van der Waals surface area contributed by atoms with Gasteiger partial charge in [0.05, 0.1) is 16.5 Å². The lowest BCUT2D eigenvalue weighted by Gasteiger charge is -2.35. The van der Waals surface area contributed by atoms with Gasteiger partial charge in [-0.2, -0.15) is 4.31 Å². The second-order valence-electron chi connectivity index (χ2n) is 9.70. The number of nitrogens with zero attached hydrogens (tertiary/aromatic N) is 2. The van der Waals surface area contributed by atoms with E-state index in [1.165, 1.54) is 21.5 Å². The number of piperidine rings is 1. The van der Waals surface area contributed by atoms with Gasteiger partial charge in [-0.3, -0.25) is 9.59 Å². The average Bonchev–Trinajstić information content (AvgIpc) is 2.89. The molecular formula is C27H31N3O5S. The van der Waals surface area contributed by atoms with Crippen molar-refractivity contribution in [3.05, 3.63) is 59.7 Å². The molecule has 3 aliphatic heterocycles. The van der Waals surface area contributed by atoms with Crippen LogP contribution < -0.4 is 10.1 Å². The maximum absolute atomic E-state index is 13.6. The fraction of sp³-hybridized carbons (Fsp3) is 0.407. The number of amides is 2. The van der Waals surface area contributed by atoms with E-state index < -0.39 is 16.1 Å². The first kappa shape index (κ1) is 24.5. The van der Waals surface area contributed by atoms with Crippen LogP contribution in [-0.4, -0.2) is 61.7 Å². The molecule has 190 valence electrons. The second-order valence-corrected chi connectivity index (χ2v) is 11.6. The summed E-state index contributed by atoms with van der Waals surface area (Å²) in [6, 6.07) is 13.3. The fourth-order valence-corrected chi connectivity index (χ4v) is 6.91. The molecule has 1 fully saturated rings. The summed E-state index contributed by atoms with van der Waals surface area (Å²) in [5.74, 6) is -0.280. The third-order valence-electron chi connectivity index (χ3n) is 7.22. The van der Waals surface area contributed by atoms with Crippen molar-refractivity contribution in [1.29, 1.82) is 0 Å². The Labute approximate surface area is 212 Å². The van der Waals surface area contributed by atoms with Gasteiger partial charge in [0.15, 0.2) is 6.10 Å². The number of carbonyl (C=O) groups excluding carboxylic acids is 2. The molecule has 0 bridgehead atoms. The van der Waals surface area contributed by atoms with E-state index in [4.69, 9.17) is 4.74 Å². The number of hydrogen-bond acceptors (Lipinski definition) is 5. The van der Waals surface area contributed by atoms with Crippen LogP contribution in [0, 0.1) is 12.8 Å². The lowest BCUT2D eigenvalue weighted by Crippen LogP contribution is -2.47. The zero-order valence-electron chi connectivity index (χ0n) is 20.6. The van der Waals surface area contributed by atoms with Crippen LogP contribution in [0.25, 0.3) is 5.57 Å². The summed E-state index contributed by atoms with van der Waals surface area (Å²) in [5.41, 5.74) is 3.41. The van der Waals surface area contributed by atoms with Crippen LogP contribution in [0.15, 0.2) is 53.4 Å². The summed E-state index contributed by atoms with van der Waals surface area (Å²) in [5, 5.41) is 2.75. The number of rotatable bonds is 4. The predicted molar refractivity (Wildman–Crippen MR) is 137 cm³/mol. The molecule has 2 amide bonds. The largest absolute Gasteiger partial charge is 0.479 e. The number of ether oxygens (including phenoxy) is 1. The SMILES string of the molecule is Cc1cc2c(cc1S(=O)(=O)N1CCC[C@@H](C(=O)N3CC=C(c4ccccc4)CC3)C1)O[C@H](C)C(=O)N2. The number of hydrogen-bond donors (Lipinski definition) is 1. The van der Waals surface area contributed by atoms with Gasteiger partial charge in [-0.25, -0.2) is 8.42 Å². The van der Waals surface area contributed by atoms with Crippen molar-refractivity contribution in [2.75, 3.05) is 31.5 Å². The van der Waals surface area contributed by atoms with Gasteiger partial charge in [0, 0.05) is 32.2 Å². The first-order valence-corrected chi connectivity index (χ1v) is 13.8. The summed E-state index contributed by atoms with van der Waals surface area (Å²) in [6.45, 7) is 5.03. The Morgan fingerprint density at radius 2 is 1.92 bits per heavy atom. The quantitative estimate of drug-likeness (QED) is 0.681. The lowest BCUT2D eigenvalue weighted by molar-refractivity contribution is -0.136. The van der Waals surface area contributed by atoms with E-state index in [1.807, 2.05) is 23.1 Å². The molecule has 2 aromatic carbocycles. The Bertz CT molecular complexity index is 1320. The standard InChI is InChI=1S/C27H31N3O5S/c1-18-15-23-24(35-19(2)26(31)28-23)16-25(18)36(33,34)30-12-6-9-22(17-30)27(32)29-13-10-21(11-14-29)20-7-4-3-5-8-20/h3-5,7-8,10,15-16,19,22H,6,9,11-14,17H2,1-2H3,(H,28,31)/t19-,22-/m1/s1. The van der Waals surface area contributed by atoms with Crippen molar-refractivity contribution in [2.24, 2.45) is 5.92 Å². The number of sulfonamides is 1. The highest BCUT2D eigenvalue weighted by Gasteiger charge is 2.37. The number of fused-ring (bicyclic) bond motifs is 1. The highest BCUT2D eigenvalue weighted by molar-refractivity contribution is 7.89. The van der Waals surface area contributed by atoms with Gasteiger partial charge < -0.3 is 15.0 Å². The van der Waals surface area contributed by atoms with E-state index in [0.717, 1.165) is 6.42 Å². The van der Waals surface area contributed by atoms with E-state index in [1.54, 1.807) is 19.9 Å². The average molecular weight is 510 g/mol. The molecule has 0 saturated carbocycles. The number of anilines is 1. The van der Waals surface area contributed by atoms with Crippen LogP contribution in [0.2, 0.25) is 0 Å². The lowest BCUT2D eigenvalue weighted by atomic mass is 9.95. The third-order valence-corrected chi connectivity index (χ3v) is 9.23. The molecule has 1 N–H and O–H groups in total. The molecule has 2 aromatic rings. The second kappa shape index (κ2) is 9.71. The number of nitrogens with one attached hydrogen (secondary N) is 1. The maximum Gasteiger partial charge on any atom is 0.265 e. The molecule has 5 rings (SSSR count). The highest BCUT2D eigenvalue weighted by atomic mass is 32.2. The first-order valence-electron chi connectivity index (χ1n) is 12.4. The zero-order valence-corrected chi connectivity index (χ0v) is 21.4. The summed E-state index contributed by atoms with van der Waals surface area (Å²) in [4.78, 5) is 27.2. The first-order chi connectivity index (χ1) is 17.2. The molecule has 3 heterocycles. The number of benzene rings is 2. The number of aryl methyl sites for hydroxylation is 1. The van der Waals surface area contributed by atoms with Gasteiger partial charge in [0.1, 0.15) is 5.75 Å². The van der Waals surface area contributed by atoms with E-state index in [0.29, 0.717) is 49.5 Å². The molecule has 9 heteroatoms. The molecule has 0 aliphatic carbocycles. The van der Waals surface area contributed by atoms with Crippen molar-refractivity contribution in [3.63, 3.8) is 0 Å². The van der Waals surface area contributed by atoms with Crippen molar-refractivity contribution in [2.45, 2.75) is 44.1 Å². The Kier molecular flexibility index (Phi) is 6.61. The van der Waals surface area contributed by atoms with E-state index in [-0.39, 0.29) is 29.2 Å². The molecule has 3 aliphatic rings. The monoisotopic (exact) mass is 509 g/mol. The van der Waals surface area contributed by atoms with E-state index >= 15 is 0 Å². The third kappa shape index (κ3) is 4.65. The number of carbonyl (C=O) groups is 2. The Balaban J connectivity index is 1.30. The van der Waals surface area contributed by atoms with Crippen molar-refractivity contribution in [1.82, 2.24) is 9.21 Å². The van der Waals surface area contributed by atoms with Crippen LogP contribution >= 0.6 is 0 Å². The summed E-state index contributed by atoms with van der Waals surface area (Å²) >= 11 is 0. The van der Waals surface area contributed by atoms with Gasteiger partial charge in [-0.15, -0.1) is 0 Å². The molecule has 2 atom stereocenters. The van der Waals surface area contributed by atoms with E-state index in [9.17, 15) is 18.0 Å². The van der Waals surface area contributed by atoms with E-state index in [2.05, 4.69) is 23.5 Å². The zero-order chi connectivity index (χ0) is 25.4. The van der Waals surface area contributed by atoms with Crippen LogP contribution in [0.5, 0.6) is 5.75 Å². The predicted octanol–water partition coefficient (Wildman–Crippen LogP) is 3.43. The smallest absolute Gasteiger partial charge is 0.265 e. The minimum atomic E-state index is -3.84. The van der Waals surface area contributed by atoms with Gasteiger partial charge in [0.2, 0.25) is 15.9 Å². The molecule has 0 radical (unpaired) electrons. The van der Waals surface area contributed by atoms with Crippen LogP contribution in [-0.2, 0) is 19.6 Å². The van der Waals surface area contributed by atoms with Crippen molar-refractivity contribution in [3.8, 4) is 5.75 Å². The summed E-state index contributed by atoms with van der Waals surface area (Å²) in [7, 11) is -3.84. The minimum absolute atomic E-state index is 0.0142. The van der Waals surface area contributed by atoms with Gasteiger partial charge in [-0.05, 0) is 55.9 Å². The van der Waals surface area contributed by atoms with Crippen LogP contribution in [0.3, 0.4) is 0 Å². The van der Waals surface area contributed by atoms with Gasteiger partial charge >= 0.3 is 0 Å². The van der Waals surface area contributed by atoms with Gasteiger partial charge in [0.25, 0.3) is 5.91 Å². The molecule has 0 spiro atoms. The summed E-state index contributed by atoms with van der Waals surface area (Å²) < 4.78 is 34.3. The molecule has 0 aromatic heterocycles. The Morgan fingerprint density at radius 1 is 1.14 bits per heavy atom. The fourth-order valence-electron chi connectivity index (χ4n) is 5.16. The molecule has 8 nitrogen and oxygen atoms in total. The Morgan fingerprint density at radius 3 is 2.64 bits per heavy atom. The highest BCUT2D eigenvalue weighted by Crippen LogP contribution is 2.36. The van der Waals surface area contributed by atoms with Gasteiger partial charge in [-0.1, -0.05) is 36.4 Å². The molecule has 0 unspecified atom stereocenters. The molecule has 36 heavy (non-hydrogen) atoms. The van der Waals surface area contributed by atoms with Crippen molar-refractivity contribution >= 4 is 33.1 Å². The minimum Gasteiger partial charge on any atom is -0.479 e. The topological polar surface area (TPSA) is 96.0 Å². The molecule has 1 saturated heterocycles. The van der Waals surface area contributed by atoms with Crippen LogP contribution in [0.4, 0.5) is 5.69 Å². The maximum atomic E-state index is 13.6.